The highest BCUT2D eigenvalue weighted by atomic mass is 32.2. The maximum absolute atomic E-state index is 12.4. The van der Waals surface area contributed by atoms with Gasteiger partial charge in [0, 0.05) is 30.1 Å². The Balaban J connectivity index is 2.10. The van der Waals surface area contributed by atoms with Gasteiger partial charge in [-0.05, 0) is 34.6 Å². The van der Waals surface area contributed by atoms with Crippen molar-refractivity contribution in [2.75, 3.05) is 24.2 Å². The van der Waals surface area contributed by atoms with Crippen molar-refractivity contribution in [3.05, 3.63) is 11.4 Å². The average molecular weight is 296 g/mol. The van der Waals surface area contributed by atoms with Gasteiger partial charge in [-0.2, -0.15) is 16.9 Å². The third-order valence-corrected chi connectivity index (χ3v) is 4.92. The van der Waals surface area contributed by atoms with Gasteiger partial charge in [-0.1, -0.05) is 0 Å². The van der Waals surface area contributed by atoms with E-state index in [1.54, 1.807) is 0 Å². The van der Waals surface area contributed by atoms with Crippen molar-refractivity contribution >= 4 is 23.5 Å². The SMILES string of the molecule is CCn1nc(C)c(NC(=O)N2CCSC(C)(C)C2)c1C. The molecule has 1 fully saturated rings. The molecule has 0 aliphatic carbocycles. The van der Waals surface area contributed by atoms with Crippen molar-refractivity contribution in [2.24, 2.45) is 0 Å². The molecule has 1 N–H and O–H groups in total. The summed E-state index contributed by atoms with van der Waals surface area (Å²) >= 11 is 1.92. The Bertz CT molecular complexity index is 510. The molecule has 1 aliphatic rings. The molecule has 20 heavy (non-hydrogen) atoms. The zero-order valence-corrected chi connectivity index (χ0v) is 13.8. The van der Waals surface area contributed by atoms with Crippen LogP contribution in [0.4, 0.5) is 10.5 Å². The summed E-state index contributed by atoms with van der Waals surface area (Å²) in [5, 5.41) is 7.47. The Morgan fingerprint density at radius 2 is 2.15 bits per heavy atom. The topological polar surface area (TPSA) is 50.2 Å². The van der Waals surface area contributed by atoms with Crippen molar-refractivity contribution in [3.63, 3.8) is 0 Å². The fraction of sp³-hybridized carbons (Fsp3) is 0.714. The zero-order chi connectivity index (χ0) is 14.9. The molecule has 0 bridgehead atoms. The largest absolute Gasteiger partial charge is 0.322 e. The smallest absolute Gasteiger partial charge is 0.322 e. The lowest BCUT2D eigenvalue weighted by molar-refractivity contribution is 0.208. The molecule has 1 saturated heterocycles. The molecule has 1 aliphatic heterocycles. The molecule has 5 nitrogen and oxygen atoms in total. The number of rotatable bonds is 2. The summed E-state index contributed by atoms with van der Waals surface area (Å²) in [4.78, 5) is 14.3. The Morgan fingerprint density at radius 1 is 1.45 bits per heavy atom. The molecule has 0 atom stereocenters. The number of hydrogen-bond acceptors (Lipinski definition) is 3. The Hall–Kier alpha value is -1.17. The van der Waals surface area contributed by atoms with E-state index >= 15 is 0 Å². The van der Waals surface area contributed by atoms with E-state index in [1.165, 1.54) is 0 Å². The van der Waals surface area contributed by atoms with Gasteiger partial charge in [0.2, 0.25) is 0 Å². The Kier molecular flexibility index (Phi) is 4.32. The number of hydrogen-bond donors (Lipinski definition) is 1. The molecule has 6 heteroatoms. The quantitative estimate of drug-likeness (QED) is 0.913. The fourth-order valence-electron chi connectivity index (χ4n) is 2.56. The van der Waals surface area contributed by atoms with Crippen LogP contribution in [-0.2, 0) is 6.54 Å². The second-order valence-electron chi connectivity index (χ2n) is 5.82. The van der Waals surface area contributed by atoms with Gasteiger partial charge < -0.3 is 10.2 Å². The number of carbonyl (C=O) groups excluding carboxylic acids is 1. The van der Waals surface area contributed by atoms with Crippen molar-refractivity contribution in [1.82, 2.24) is 14.7 Å². The minimum atomic E-state index is -0.0137. The van der Waals surface area contributed by atoms with Crippen LogP contribution >= 0.6 is 11.8 Å². The van der Waals surface area contributed by atoms with Crippen molar-refractivity contribution in [1.29, 1.82) is 0 Å². The fourth-order valence-corrected chi connectivity index (χ4v) is 3.67. The van der Waals surface area contributed by atoms with Crippen LogP contribution in [0.1, 0.15) is 32.2 Å². The van der Waals surface area contributed by atoms with Crippen LogP contribution in [-0.4, -0.2) is 44.3 Å². The highest BCUT2D eigenvalue weighted by molar-refractivity contribution is 8.00. The number of nitrogens with zero attached hydrogens (tertiary/aromatic N) is 3. The van der Waals surface area contributed by atoms with Gasteiger partial charge in [-0.15, -0.1) is 0 Å². The van der Waals surface area contributed by atoms with Crippen LogP contribution in [0.3, 0.4) is 0 Å². The predicted molar refractivity (Wildman–Crippen MR) is 84.5 cm³/mol. The summed E-state index contributed by atoms with van der Waals surface area (Å²) in [5.41, 5.74) is 2.75. The summed E-state index contributed by atoms with van der Waals surface area (Å²) in [6.45, 7) is 12.8. The zero-order valence-electron chi connectivity index (χ0n) is 13.0. The standard InChI is InChI=1S/C14H24N4OS/c1-6-18-11(3)12(10(2)16-18)15-13(19)17-7-8-20-14(4,5)9-17/h6-9H2,1-5H3,(H,15,19). The van der Waals surface area contributed by atoms with E-state index in [1.807, 2.05) is 35.2 Å². The lowest BCUT2D eigenvalue weighted by Crippen LogP contribution is -2.47. The molecule has 2 heterocycles. The average Bonchev–Trinajstić information content (AvgIpc) is 2.65. The highest BCUT2D eigenvalue weighted by Gasteiger charge is 2.30. The van der Waals surface area contributed by atoms with Crippen molar-refractivity contribution in [3.8, 4) is 0 Å². The van der Waals surface area contributed by atoms with Gasteiger partial charge >= 0.3 is 6.03 Å². The van der Waals surface area contributed by atoms with Gasteiger partial charge in [-0.3, -0.25) is 4.68 Å². The molecule has 0 radical (unpaired) electrons. The maximum atomic E-state index is 12.4. The summed E-state index contributed by atoms with van der Waals surface area (Å²) in [6.07, 6.45) is 0. The first-order valence-corrected chi connectivity index (χ1v) is 8.06. The molecule has 1 aromatic rings. The number of anilines is 1. The highest BCUT2D eigenvalue weighted by Crippen LogP contribution is 2.30. The first kappa shape index (κ1) is 15.2. The molecule has 112 valence electrons. The van der Waals surface area contributed by atoms with Crippen LogP contribution in [0.15, 0.2) is 0 Å². The van der Waals surface area contributed by atoms with Crippen molar-refractivity contribution in [2.45, 2.75) is 45.9 Å². The van der Waals surface area contributed by atoms with Crippen LogP contribution < -0.4 is 5.32 Å². The van der Waals surface area contributed by atoms with Crippen LogP contribution in [0.5, 0.6) is 0 Å². The maximum Gasteiger partial charge on any atom is 0.322 e. The minimum Gasteiger partial charge on any atom is -0.322 e. The molecular formula is C14H24N4OS. The first-order chi connectivity index (χ1) is 9.34. The monoisotopic (exact) mass is 296 g/mol. The summed E-state index contributed by atoms with van der Waals surface area (Å²) in [7, 11) is 0. The number of carbonyl (C=O) groups is 1. The molecule has 1 aromatic heterocycles. The second-order valence-corrected chi connectivity index (χ2v) is 7.62. The van der Waals surface area contributed by atoms with Gasteiger partial charge in [0.15, 0.2) is 0 Å². The van der Waals surface area contributed by atoms with E-state index in [2.05, 4.69) is 31.2 Å². The lowest BCUT2D eigenvalue weighted by atomic mass is 10.2. The van der Waals surface area contributed by atoms with Crippen LogP contribution in [0.2, 0.25) is 0 Å². The third-order valence-electron chi connectivity index (χ3n) is 3.63. The van der Waals surface area contributed by atoms with Gasteiger partial charge in [0.05, 0.1) is 17.1 Å². The number of urea groups is 1. The van der Waals surface area contributed by atoms with Crippen LogP contribution in [0, 0.1) is 13.8 Å². The third kappa shape index (κ3) is 3.11. The summed E-state index contributed by atoms with van der Waals surface area (Å²) in [6, 6.07) is -0.0137. The van der Waals surface area contributed by atoms with Gasteiger partial charge in [0.25, 0.3) is 0 Å². The number of thioether (sulfide) groups is 1. The van der Waals surface area contributed by atoms with E-state index in [0.29, 0.717) is 0 Å². The molecule has 0 saturated carbocycles. The number of aromatic nitrogens is 2. The Morgan fingerprint density at radius 3 is 2.70 bits per heavy atom. The van der Waals surface area contributed by atoms with Gasteiger partial charge in [0.1, 0.15) is 0 Å². The van der Waals surface area contributed by atoms with Crippen molar-refractivity contribution < 1.29 is 4.79 Å². The van der Waals surface area contributed by atoms with E-state index in [-0.39, 0.29) is 10.8 Å². The molecule has 0 spiro atoms. The van der Waals surface area contributed by atoms with E-state index in [9.17, 15) is 4.79 Å². The molecule has 2 amide bonds. The molecule has 0 aromatic carbocycles. The number of amides is 2. The normalized spacial score (nSPS) is 18.1. The predicted octanol–water partition coefficient (Wildman–Crippen LogP) is 2.88. The summed E-state index contributed by atoms with van der Waals surface area (Å²) < 4.78 is 2.05. The van der Waals surface area contributed by atoms with E-state index in [4.69, 9.17) is 0 Å². The summed E-state index contributed by atoms with van der Waals surface area (Å²) in [5.74, 6) is 0.993. The lowest BCUT2D eigenvalue weighted by Gasteiger charge is -2.37. The van der Waals surface area contributed by atoms with E-state index < -0.39 is 0 Å². The minimum absolute atomic E-state index is 0.0137. The van der Waals surface area contributed by atoms with Crippen LogP contribution in [0.25, 0.3) is 0 Å². The molecular weight excluding hydrogens is 272 g/mol. The molecule has 2 rings (SSSR count). The van der Waals surface area contributed by atoms with E-state index in [0.717, 1.165) is 42.5 Å². The van der Waals surface area contributed by atoms with Gasteiger partial charge in [-0.25, -0.2) is 4.79 Å². The second kappa shape index (κ2) is 5.68. The Labute approximate surface area is 125 Å². The number of aryl methyl sites for hydroxylation is 2. The molecule has 0 unspecified atom stereocenters. The number of nitrogens with one attached hydrogen (secondary N) is 1. The first-order valence-electron chi connectivity index (χ1n) is 7.08.